The molecule has 0 aliphatic carbocycles. The molecular formula is C26H17N3O. The molecule has 0 atom stereocenters. The van der Waals surface area contributed by atoms with Crippen molar-refractivity contribution in [3.63, 3.8) is 0 Å². The normalized spacial score (nSPS) is 13.4. The maximum atomic E-state index is 7.64. The highest BCUT2D eigenvalue weighted by atomic mass is 16.3. The summed E-state index contributed by atoms with van der Waals surface area (Å²) >= 11 is 0. The molecule has 0 aliphatic rings. The molecular weight excluding hydrogens is 370 g/mol. The summed E-state index contributed by atoms with van der Waals surface area (Å²) in [5.74, 6) is 0. The molecule has 0 N–H and O–H groups in total. The highest BCUT2D eigenvalue weighted by molar-refractivity contribution is 6.08. The van der Waals surface area contributed by atoms with E-state index in [2.05, 4.69) is 27.1 Å². The van der Waals surface area contributed by atoms with Crippen molar-refractivity contribution in [3.05, 3.63) is 90.9 Å². The van der Waals surface area contributed by atoms with E-state index in [1.165, 1.54) is 6.07 Å². The molecule has 0 radical (unpaired) electrons. The Morgan fingerprint density at radius 3 is 2.63 bits per heavy atom. The molecule has 6 aromatic rings. The van der Waals surface area contributed by atoms with Crippen molar-refractivity contribution in [3.8, 4) is 22.4 Å². The number of para-hydroxylation sites is 1. The summed E-state index contributed by atoms with van der Waals surface area (Å²) in [6.07, 6.45) is 3.57. The Balaban J connectivity index is 1.54. The number of hydrogen-bond donors (Lipinski definition) is 0. The van der Waals surface area contributed by atoms with Gasteiger partial charge in [0.25, 0.3) is 0 Å². The van der Waals surface area contributed by atoms with Gasteiger partial charge < -0.3 is 4.42 Å². The smallest absolute Gasteiger partial charge is 0.227 e. The van der Waals surface area contributed by atoms with Crippen LogP contribution < -0.4 is 0 Å². The third-order valence-electron chi connectivity index (χ3n) is 5.36. The molecule has 4 heterocycles. The molecule has 0 spiro atoms. The molecule has 0 saturated carbocycles. The van der Waals surface area contributed by atoms with Crippen molar-refractivity contribution >= 4 is 33.0 Å². The fourth-order valence-corrected chi connectivity index (χ4v) is 3.98. The van der Waals surface area contributed by atoms with Crippen LogP contribution >= 0.6 is 0 Å². The highest BCUT2D eigenvalue weighted by Crippen LogP contribution is 2.36. The second-order valence-corrected chi connectivity index (χ2v) is 7.14. The van der Waals surface area contributed by atoms with Gasteiger partial charge in [0.05, 0.1) is 11.2 Å². The van der Waals surface area contributed by atoms with Gasteiger partial charge in [-0.3, -0.25) is 9.97 Å². The van der Waals surface area contributed by atoms with Crippen molar-refractivity contribution in [2.24, 2.45) is 0 Å². The number of aromatic nitrogens is 3. The third-order valence-corrected chi connectivity index (χ3v) is 5.36. The lowest BCUT2D eigenvalue weighted by Crippen LogP contribution is -1.88. The molecule has 4 heteroatoms. The zero-order valence-corrected chi connectivity index (χ0v) is 15.8. The van der Waals surface area contributed by atoms with E-state index in [0.29, 0.717) is 11.3 Å². The molecule has 0 aliphatic heterocycles. The molecule has 4 aromatic heterocycles. The molecule has 0 saturated heterocycles. The Kier molecular flexibility index (Phi) is 3.03. The van der Waals surface area contributed by atoms with Gasteiger partial charge in [-0.2, -0.15) is 0 Å². The van der Waals surface area contributed by atoms with Gasteiger partial charge in [0, 0.05) is 43.9 Å². The van der Waals surface area contributed by atoms with Crippen LogP contribution in [0, 0.1) is 6.85 Å². The van der Waals surface area contributed by atoms with Crippen LogP contribution in [0.4, 0.5) is 0 Å². The number of pyridine rings is 3. The number of aryl methyl sites for hydroxylation is 1. The van der Waals surface area contributed by atoms with Crippen LogP contribution in [0.1, 0.15) is 9.81 Å². The Morgan fingerprint density at radius 2 is 1.67 bits per heavy atom. The van der Waals surface area contributed by atoms with Gasteiger partial charge in [-0.25, -0.2) is 4.98 Å². The Bertz CT molecular complexity index is 1670. The molecule has 0 amide bonds. The van der Waals surface area contributed by atoms with Crippen LogP contribution in [0.15, 0.2) is 89.6 Å². The largest absolute Gasteiger partial charge is 0.437 e. The van der Waals surface area contributed by atoms with Gasteiger partial charge in [-0.15, -0.1) is 0 Å². The van der Waals surface area contributed by atoms with E-state index < -0.39 is 6.85 Å². The lowest BCUT2D eigenvalue weighted by atomic mass is 9.99. The number of hydrogen-bond acceptors (Lipinski definition) is 4. The lowest BCUT2D eigenvalue weighted by molar-refractivity contribution is 0.653. The third kappa shape index (κ3) is 2.58. The minimum atomic E-state index is -2.29. The second-order valence-electron chi connectivity index (χ2n) is 7.14. The van der Waals surface area contributed by atoms with Crippen LogP contribution in [-0.4, -0.2) is 15.0 Å². The lowest BCUT2D eigenvalue weighted by Gasteiger charge is -2.08. The maximum Gasteiger partial charge on any atom is 0.227 e. The molecule has 0 unspecified atom stereocenters. The summed E-state index contributed by atoms with van der Waals surface area (Å²) in [5.41, 5.74) is 5.56. The van der Waals surface area contributed by atoms with Crippen LogP contribution in [0.5, 0.6) is 0 Å². The van der Waals surface area contributed by atoms with E-state index in [0.717, 1.165) is 44.1 Å². The van der Waals surface area contributed by atoms with Gasteiger partial charge in [0.15, 0.2) is 0 Å². The van der Waals surface area contributed by atoms with Gasteiger partial charge in [-0.1, -0.05) is 30.3 Å². The van der Waals surface area contributed by atoms with Crippen LogP contribution in [0.3, 0.4) is 0 Å². The van der Waals surface area contributed by atoms with E-state index in [1.807, 2.05) is 48.5 Å². The quantitative estimate of drug-likeness (QED) is 0.336. The predicted molar refractivity (Wildman–Crippen MR) is 120 cm³/mol. The van der Waals surface area contributed by atoms with Crippen molar-refractivity contribution < 1.29 is 8.53 Å². The van der Waals surface area contributed by atoms with Crippen LogP contribution in [0.2, 0.25) is 0 Å². The molecule has 2 aromatic carbocycles. The molecule has 0 fully saturated rings. The van der Waals surface area contributed by atoms with Gasteiger partial charge in [0.2, 0.25) is 5.71 Å². The molecule has 0 bridgehead atoms. The first-order valence-electron chi connectivity index (χ1n) is 11.1. The van der Waals surface area contributed by atoms with Crippen molar-refractivity contribution in [1.29, 1.82) is 0 Å². The first-order chi connectivity index (χ1) is 16.0. The minimum absolute atomic E-state index is 0.0142. The fourth-order valence-electron chi connectivity index (χ4n) is 3.98. The number of benzene rings is 2. The highest BCUT2D eigenvalue weighted by Gasteiger charge is 2.14. The fraction of sp³-hybridized carbons (Fsp3) is 0.0385. The summed E-state index contributed by atoms with van der Waals surface area (Å²) in [6, 6.07) is 23.2. The van der Waals surface area contributed by atoms with E-state index in [1.54, 1.807) is 18.5 Å². The number of fused-ring (bicyclic) bond motifs is 4. The summed E-state index contributed by atoms with van der Waals surface area (Å²) in [5, 5.41) is 2.71. The Labute approximate surface area is 177 Å². The van der Waals surface area contributed by atoms with Crippen molar-refractivity contribution in [1.82, 2.24) is 15.0 Å². The number of furan rings is 1. The SMILES string of the molecule is [2H]C([2H])([2H])c1ccc2c(n1)oc1c(-c3cc(-c4cccc5ncccc45)ccn3)cccc12. The first-order valence-corrected chi connectivity index (χ1v) is 9.62. The summed E-state index contributed by atoms with van der Waals surface area (Å²) in [7, 11) is 0. The zero-order chi connectivity index (χ0) is 22.6. The van der Waals surface area contributed by atoms with E-state index >= 15 is 0 Å². The standard InChI is InChI=1S/C26H17N3O/c1-16-10-11-21-20-6-2-7-22(25(20)30-26(21)29-16)24-15-17(12-14-28-24)18-5-3-9-23-19(18)8-4-13-27-23/h2-15H,1H3/i1D3. The molecule has 30 heavy (non-hydrogen) atoms. The van der Waals surface area contributed by atoms with E-state index in [4.69, 9.17) is 8.53 Å². The number of rotatable bonds is 2. The zero-order valence-electron chi connectivity index (χ0n) is 18.8. The summed E-state index contributed by atoms with van der Waals surface area (Å²) in [4.78, 5) is 13.3. The Hall–Kier alpha value is -4.05. The Morgan fingerprint density at radius 1 is 0.767 bits per heavy atom. The van der Waals surface area contributed by atoms with E-state index in [-0.39, 0.29) is 5.69 Å². The van der Waals surface area contributed by atoms with Crippen LogP contribution in [-0.2, 0) is 0 Å². The predicted octanol–water partition coefficient (Wildman–Crippen LogP) is 6.57. The van der Waals surface area contributed by atoms with Crippen molar-refractivity contribution in [2.75, 3.05) is 0 Å². The van der Waals surface area contributed by atoms with E-state index in [9.17, 15) is 0 Å². The number of nitrogens with zero attached hydrogens (tertiary/aromatic N) is 3. The van der Waals surface area contributed by atoms with Crippen molar-refractivity contribution in [2.45, 2.75) is 6.85 Å². The average Bonchev–Trinajstić information content (AvgIpc) is 3.21. The maximum absolute atomic E-state index is 7.64. The second kappa shape index (κ2) is 6.49. The topological polar surface area (TPSA) is 51.8 Å². The average molecular weight is 390 g/mol. The van der Waals surface area contributed by atoms with Gasteiger partial charge in [-0.05, 0) is 60.4 Å². The molecule has 142 valence electrons. The summed E-state index contributed by atoms with van der Waals surface area (Å²) < 4.78 is 29.0. The molecule has 4 nitrogen and oxygen atoms in total. The molecule has 6 rings (SSSR count). The monoisotopic (exact) mass is 390 g/mol. The van der Waals surface area contributed by atoms with Gasteiger partial charge >= 0.3 is 0 Å². The summed E-state index contributed by atoms with van der Waals surface area (Å²) in [6.45, 7) is -2.29. The first kappa shape index (κ1) is 14.0. The van der Waals surface area contributed by atoms with Crippen LogP contribution in [0.25, 0.3) is 55.4 Å². The minimum Gasteiger partial charge on any atom is -0.437 e. The van der Waals surface area contributed by atoms with Gasteiger partial charge in [0.1, 0.15) is 5.58 Å².